The van der Waals surface area contributed by atoms with E-state index in [-0.39, 0.29) is 16.6 Å². The summed E-state index contributed by atoms with van der Waals surface area (Å²) in [6.07, 6.45) is 3.81. The minimum Gasteiger partial charge on any atom is -0.378 e. The van der Waals surface area contributed by atoms with Crippen LogP contribution in [0.1, 0.15) is 25.8 Å². The predicted octanol–water partition coefficient (Wildman–Crippen LogP) is 2.19. The largest absolute Gasteiger partial charge is 0.378 e. The molecule has 0 unspecified atom stereocenters. The fourth-order valence-corrected chi connectivity index (χ4v) is 3.06. The smallest absolute Gasteiger partial charge is 0.356 e. The first-order valence-corrected chi connectivity index (χ1v) is 8.36. The third kappa shape index (κ3) is 3.94. The van der Waals surface area contributed by atoms with Gasteiger partial charge in [0.1, 0.15) is 11.5 Å². The maximum atomic E-state index is 12.2. The van der Waals surface area contributed by atoms with Gasteiger partial charge in [-0.25, -0.2) is 4.98 Å². The van der Waals surface area contributed by atoms with E-state index in [1.807, 2.05) is 6.92 Å². The maximum absolute atomic E-state index is 12.2. The number of hydrogen-bond donors (Lipinski definition) is 0. The average molecular weight is 322 g/mol. The van der Waals surface area contributed by atoms with Gasteiger partial charge in [-0.3, -0.25) is 0 Å². The molecule has 0 saturated heterocycles. The Morgan fingerprint density at radius 1 is 1.27 bits per heavy atom. The van der Waals surface area contributed by atoms with Crippen molar-refractivity contribution in [2.75, 3.05) is 0 Å². The van der Waals surface area contributed by atoms with Gasteiger partial charge >= 0.3 is 10.1 Å². The lowest BCUT2D eigenvalue weighted by molar-refractivity contribution is -0.116. The van der Waals surface area contributed by atoms with Gasteiger partial charge in [0.15, 0.2) is 5.03 Å². The number of aromatic nitrogens is 2. The highest BCUT2D eigenvalue weighted by Crippen LogP contribution is 2.19. The topological polar surface area (TPSA) is 78.3 Å². The zero-order valence-electron chi connectivity index (χ0n) is 12.5. The van der Waals surface area contributed by atoms with Crippen LogP contribution in [0.2, 0.25) is 0 Å². The molecule has 0 atom stereocenters. The molecule has 6 nitrogen and oxygen atoms in total. The molecule has 0 bridgehead atoms. The van der Waals surface area contributed by atoms with Crippen LogP contribution in [0, 0.1) is 0 Å². The molecule has 0 fully saturated rings. The molecule has 0 radical (unpaired) electrons. The fourth-order valence-electron chi connectivity index (χ4n) is 1.96. The van der Waals surface area contributed by atoms with Crippen LogP contribution in [0.3, 0.4) is 0 Å². The Balaban J connectivity index is 2.11. The van der Waals surface area contributed by atoms with Crippen LogP contribution in [0.4, 0.5) is 0 Å². The number of imidazole rings is 1. The van der Waals surface area contributed by atoms with Gasteiger partial charge in [0.05, 0.1) is 12.5 Å². The summed E-state index contributed by atoms with van der Waals surface area (Å²) >= 11 is 0. The quantitative estimate of drug-likeness (QED) is 0.730. The molecule has 0 aliphatic carbocycles. The molecule has 1 heterocycles. The minimum atomic E-state index is -3.90. The second-order valence-corrected chi connectivity index (χ2v) is 6.39. The Kier molecular flexibility index (Phi) is 4.97. The van der Waals surface area contributed by atoms with E-state index in [0.717, 1.165) is 5.56 Å². The molecule has 0 aliphatic rings. The second kappa shape index (κ2) is 6.74. The maximum Gasteiger partial charge on any atom is 0.356 e. The van der Waals surface area contributed by atoms with Crippen molar-refractivity contribution in [2.24, 2.45) is 0 Å². The van der Waals surface area contributed by atoms with Gasteiger partial charge in [-0.2, -0.15) is 8.42 Å². The van der Waals surface area contributed by atoms with Crippen molar-refractivity contribution < 1.29 is 17.4 Å². The molecular weight excluding hydrogens is 304 g/mol. The highest BCUT2D eigenvalue weighted by Gasteiger charge is 2.21. The van der Waals surface area contributed by atoms with Crippen LogP contribution in [0.5, 0.6) is 5.75 Å². The van der Waals surface area contributed by atoms with Gasteiger partial charge in [-0.05, 0) is 38.0 Å². The van der Waals surface area contributed by atoms with Crippen LogP contribution in [0.25, 0.3) is 0 Å². The highest BCUT2D eigenvalue weighted by atomic mass is 32.2. The Hall–Kier alpha value is -2.15. The van der Waals surface area contributed by atoms with Gasteiger partial charge in [-0.1, -0.05) is 12.1 Å². The van der Waals surface area contributed by atoms with E-state index in [4.69, 9.17) is 4.18 Å². The Morgan fingerprint density at radius 3 is 2.55 bits per heavy atom. The van der Waals surface area contributed by atoms with E-state index >= 15 is 0 Å². The highest BCUT2D eigenvalue weighted by molar-refractivity contribution is 7.87. The van der Waals surface area contributed by atoms with Crippen molar-refractivity contribution in [2.45, 2.75) is 38.3 Å². The van der Waals surface area contributed by atoms with Gasteiger partial charge in [0.25, 0.3) is 0 Å². The predicted molar refractivity (Wildman–Crippen MR) is 81.2 cm³/mol. The molecule has 22 heavy (non-hydrogen) atoms. The monoisotopic (exact) mass is 322 g/mol. The van der Waals surface area contributed by atoms with E-state index in [0.29, 0.717) is 19.4 Å². The Morgan fingerprint density at radius 2 is 1.95 bits per heavy atom. The van der Waals surface area contributed by atoms with Crippen LogP contribution in [-0.2, 0) is 27.9 Å². The number of Topliss-reactive ketones (excluding diaryl/α,β-unsaturated/α-hetero) is 1. The van der Waals surface area contributed by atoms with E-state index < -0.39 is 10.1 Å². The lowest BCUT2D eigenvalue weighted by Gasteiger charge is -2.09. The van der Waals surface area contributed by atoms with E-state index in [1.54, 1.807) is 31.2 Å². The number of aryl methyl sites for hydroxylation is 2. The fraction of sp³-hybridized carbons (Fsp3) is 0.333. The van der Waals surface area contributed by atoms with E-state index in [1.165, 1.54) is 17.1 Å². The summed E-state index contributed by atoms with van der Waals surface area (Å²) in [6, 6.07) is 6.68. The Bertz CT molecular complexity index is 748. The molecule has 118 valence electrons. The molecule has 0 aliphatic heterocycles. The molecule has 0 amide bonds. The van der Waals surface area contributed by atoms with Crippen molar-refractivity contribution in [3.8, 4) is 5.75 Å². The molecule has 2 rings (SSSR count). The number of hydrogen-bond acceptors (Lipinski definition) is 5. The van der Waals surface area contributed by atoms with Crippen molar-refractivity contribution in [1.29, 1.82) is 0 Å². The summed E-state index contributed by atoms with van der Waals surface area (Å²) in [6.45, 7) is 3.85. The first-order chi connectivity index (χ1) is 10.4. The molecule has 1 aromatic heterocycles. The molecule has 1 aromatic carbocycles. The van der Waals surface area contributed by atoms with Crippen molar-refractivity contribution in [3.05, 3.63) is 42.4 Å². The zero-order chi connectivity index (χ0) is 16.2. The zero-order valence-corrected chi connectivity index (χ0v) is 13.3. The summed E-state index contributed by atoms with van der Waals surface area (Å²) in [5.41, 5.74) is 0.957. The first-order valence-electron chi connectivity index (χ1n) is 6.95. The van der Waals surface area contributed by atoms with E-state index in [9.17, 15) is 13.2 Å². The third-order valence-electron chi connectivity index (χ3n) is 3.17. The number of carbonyl (C=O) groups is 1. The van der Waals surface area contributed by atoms with Crippen LogP contribution in [0.15, 0.2) is 41.8 Å². The van der Waals surface area contributed by atoms with Crippen molar-refractivity contribution in [3.63, 3.8) is 0 Å². The standard InChI is InChI=1S/C15H18N2O4S/c1-3-17-11-16-10-15(17)22(19,20)21-14-8-6-13(7-9-14)5-4-12(2)18/h6-11H,3-5H2,1-2H3. The number of rotatable bonds is 7. The molecule has 0 saturated carbocycles. The molecule has 2 aromatic rings. The van der Waals surface area contributed by atoms with Gasteiger partial charge in [0, 0.05) is 13.0 Å². The molecule has 0 spiro atoms. The van der Waals surface area contributed by atoms with E-state index in [2.05, 4.69) is 4.98 Å². The number of benzene rings is 1. The van der Waals surface area contributed by atoms with Crippen molar-refractivity contribution >= 4 is 15.9 Å². The number of carbonyl (C=O) groups excluding carboxylic acids is 1. The molecular formula is C15H18N2O4S. The summed E-state index contributed by atoms with van der Waals surface area (Å²) in [5.74, 6) is 0.353. The lowest BCUT2D eigenvalue weighted by Crippen LogP contribution is -2.14. The van der Waals surface area contributed by atoms with Gasteiger partial charge in [-0.15, -0.1) is 0 Å². The third-order valence-corrected chi connectivity index (χ3v) is 4.43. The van der Waals surface area contributed by atoms with Crippen LogP contribution >= 0.6 is 0 Å². The van der Waals surface area contributed by atoms with Gasteiger partial charge < -0.3 is 13.5 Å². The van der Waals surface area contributed by atoms with Crippen molar-refractivity contribution in [1.82, 2.24) is 9.55 Å². The second-order valence-electron chi connectivity index (χ2n) is 4.90. The average Bonchev–Trinajstić information content (AvgIpc) is 2.95. The van der Waals surface area contributed by atoms with Gasteiger partial charge in [0.2, 0.25) is 0 Å². The summed E-state index contributed by atoms with van der Waals surface area (Å²) in [4.78, 5) is 14.8. The number of ketones is 1. The number of nitrogens with zero attached hydrogens (tertiary/aromatic N) is 2. The minimum absolute atomic E-state index is 0.0238. The summed E-state index contributed by atoms with van der Waals surface area (Å²) in [7, 11) is -3.90. The first kappa shape index (κ1) is 16.2. The lowest BCUT2D eigenvalue weighted by atomic mass is 10.1. The SMILES string of the molecule is CCn1cncc1S(=O)(=O)Oc1ccc(CCC(C)=O)cc1. The molecule has 0 N–H and O–H groups in total. The van der Waals surface area contributed by atoms with Crippen LogP contribution < -0.4 is 4.18 Å². The summed E-state index contributed by atoms with van der Waals surface area (Å²) < 4.78 is 31.0. The Labute approximate surface area is 129 Å². The summed E-state index contributed by atoms with van der Waals surface area (Å²) in [5, 5.41) is 0.0238. The molecule has 7 heteroatoms. The van der Waals surface area contributed by atoms with Crippen LogP contribution in [-0.4, -0.2) is 23.8 Å². The normalized spacial score (nSPS) is 11.4.